The molecule has 1 aliphatic rings. The Morgan fingerprint density at radius 3 is 2.68 bits per heavy atom. The van der Waals surface area contributed by atoms with Gasteiger partial charge in [-0.25, -0.2) is 0 Å². The molecule has 0 bridgehead atoms. The maximum Gasteiger partial charge on any atom is 0.269 e. The van der Waals surface area contributed by atoms with E-state index < -0.39 is 0 Å². The number of hydrogen-bond donors (Lipinski definition) is 1. The summed E-state index contributed by atoms with van der Waals surface area (Å²) in [6, 6.07) is 2.22. The zero-order chi connectivity index (χ0) is 13.8. The molecule has 0 aromatic carbocycles. The number of rotatable bonds is 4. The van der Waals surface area contributed by atoms with Crippen molar-refractivity contribution in [3.8, 4) is 0 Å². The van der Waals surface area contributed by atoms with Crippen LogP contribution in [0, 0.1) is 0 Å². The Hall–Kier alpha value is -0.840. The van der Waals surface area contributed by atoms with Crippen LogP contribution in [-0.4, -0.2) is 26.6 Å². The van der Waals surface area contributed by atoms with Crippen molar-refractivity contribution in [2.75, 3.05) is 0 Å². The molecule has 1 heterocycles. The smallest absolute Gasteiger partial charge is 0.269 e. The number of carbonyl (C=O) groups is 1. The van der Waals surface area contributed by atoms with E-state index in [-0.39, 0.29) is 5.91 Å². The molecule has 1 aromatic rings. The van der Waals surface area contributed by atoms with Crippen molar-refractivity contribution >= 4 is 21.8 Å². The second-order valence-electron chi connectivity index (χ2n) is 5.11. The summed E-state index contributed by atoms with van der Waals surface area (Å²) in [6.07, 6.45) is 5.25. The number of carbonyl (C=O) groups excluding carboxylic acids is 1. The van der Waals surface area contributed by atoms with Crippen LogP contribution in [0.1, 0.15) is 55.7 Å². The van der Waals surface area contributed by atoms with Gasteiger partial charge in [0, 0.05) is 17.4 Å². The summed E-state index contributed by atoms with van der Waals surface area (Å²) in [4.78, 5) is 12.9. The Balaban J connectivity index is 2.01. The zero-order valence-corrected chi connectivity index (χ0v) is 13.2. The van der Waals surface area contributed by atoms with Gasteiger partial charge in [0.2, 0.25) is 0 Å². The summed E-state index contributed by atoms with van der Waals surface area (Å²) >= 11 is 3.64. The minimum Gasteiger partial charge on any atom is -0.348 e. The first kappa shape index (κ1) is 14.6. The fraction of sp³-hybridized carbons (Fsp3) is 0.714. The average molecular weight is 328 g/mol. The lowest BCUT2D eigenvalue weighted by Crippen LogP contribution is -2.38. The lowest BCUT2D eigenvalue weighted by atomic mass is 9.95. The second kappa shape index (κ2) is 6.55. The molecule has 1 aliphatic carbocycles. The van der Waals surface area contributed by atoms with Gasteiger partial charge in [-0.3, -0.25) is 9.48 Å². The van der Waals surface area contributed by atoms with Gasteiger partial charge in [-0.15, -0.1) is 0 Å². The molecular weight excluding hydrogens is 306 g/mol. The Morgan fingerprint density at radius 2 is 2.11 bits per heavy atom. The van der Waals surface area contributed by atoms with Gasteiger partial charge in [-0.2, -0.15) is 5.10 Å². The normalized spacial score (nSPS) is 23.3. The monoisotopic (exact) mass is 327 g/mol. The highest BCUT2D eigenvalue weighted by molar-refractivity contribution is 9.09. The fourth-order valence-corrected chi connectivity index (χ4v) is 3.05. The third-order valence-electron chi connectivity index (χ3n) is 3.72. The van der Waals surface area contributed by atoms with Crippen LogP contribution >= 0.6 is 15.9 Å². The molecule has 0 radical (unpaired) electrons. The fourth-order valence-electron chi connectivity index (χ4n) is 2.52. The Labute approximate surface area is 123 Å². The summed E-state index contributed by atoms with van der Waals surface area (Å²) in [5.74, 6) is 0.0204. The lowest BCUT2D eigenvalue weighted by Gasteiger charge is -2.26. The van der Waals surface area contributed by atoms with Crippen LogP contribution in [0.5, 0.6) is 0 Å². The average Bonchev–Trinajstić information content (AvgIpc) is 2.85. The predicted molar refractivity (Wildman–Crippen MR) is 79.7 cm³/mol. The van der Waals surface area contributed by atoms with E-state index in [1.165, 1.54) is 0 Å². The first-order valence-electron chi connectivity index (χ1n) is 7.15. The van der Waals surface area contributed by atoms with E-state index in [0.717, 1.165) is 44.3 Å². The number of amides is 1. The minimum absolute atomic E-state index is 0.0204. The van der Waals surface area contributed by atoms with Crippen molar-refractivity contribution in [1.82, 2.24) is 15.1 Å². The van der Waals surface area contributed by atoms with E-state index >= 15 is 0 Å². The molecular formula is C14H22BrN3O. The molecule has 19 heavy (non-hydrogen) atoms. The Kier molecular flexibility index (Phi) is 5.02. The molecule has 106 valence electrons. The molecule has 1 saturated carbocycles. The third kappa shape index (κ3) is 3.59. The minimum atomic E-state index is 0.0204. The first-order valence-corrected chi connectivity index (χ1v) is 8.07. The molecule has 1 fully saturated rings. The highest BCUT2D eigenvalue weighted by atomic mass is 79.9. The highest BCUT2D eigenvalue weighted by Crippen LogP contribution is 2.24. The van der Waals surface area contributed by atoms with Gasteiger partial charge >= 0.3 is 0 Å². The van der Waals surface area contributed by atoms with E-state index in [9.17, 15) is 4.79 Å². The largest absolute Gasteiger partial charge is 0.348 e. The maximum atomic E-state index is 12.3. The Morgan fingerprint density at radius 1 is 1.42 bits per heavy atom. The molecule has 0 spiro atoms. The molecule has 4 nitrogen and oxygen atoms in total. The van der Waals surface area contributed by atoms with Crippen LogP contribution in [0.25, 0.3) is 0 Å². The van der Waals surface area contributed by atoms with Crippen molar-refractivity contribution in [1.29, 1.82) is 0 Å². The van der Waals surface area contributed by atoms with Crippen molar-refractivity contribution in [3.63, 3.8) is 0 Å². The first-order chi connectivity index (χ1) is 9.13. The number of nitrogens with zero attached hydrogens (tertiary/aromatic N) is 2. The molecule has 2 rings (SSSR count). The van der Waals surface area contributed by atoms with Gasteiger partial charge in [-0.05, 0) is 45.1 Å². The lowest BCUT2D eigenvalue weighted by molar-refractivity contribution is 0.0917. The van der Waals surface area contributed by atoms with E-state index in [4.69, 9.17) is 0 Å². The number of aryl methyl sites for hydroxylation is 2. The zero-order valence-electron chi connectivity index (χ0n) is 11.7. The van der Waals surface area contributed by atoms with Crippen LogP contribution in [0.4, 0.5) is 0 Å². The number of hydrogen-bond acceptors (Lipinski definition) is 2. The van der Waals surface area contributed by atoms with Gasteiger partial charge in [0.15, 0.2) is 0 Å². The van der Waals surface area contributed by atoms with Crippen LogP contribution in [0.15, 0.2) is 6.07 Å². The van der Waals surface area contributed by atoms with Crippen LogP contribution in [0.3, 0.4) is 0 Å². The SMILES string of the molecule is CCc1cc(C(=O)NC2CCC(Br)CC2)n(CC)n1. The van der Waals surface area contributed by atoms with Crippen LogP contribution in [-0.2, 0) is 13.0 Å². The van der Waals surface area contributed by atoms with Gasteiger partial charge in [0.25, 0.3) is 5.91 Å². The molecule has 1 aromatic heterocycles. The molecule has 0 saturated heterocycles. The molecule has 5 heteroatoms. The van der Waals surface area contributed by atoms with Crippen LogP contribution < -0.4 is 5.32 Å². The van der Waals surface area contributed by atoms with E-state index in [0.29, 0.717) is 16.6 Å². The topological polar surface area (TPSA) is 46.9 Å². The summed E-state index contributed by atoms with van der Waals surface area (Å²) in [6.45, 7) is 4.80. The van der Waals surface area contributed by atoms with Crippen LogP contribution in [0.2, 0.25) is 0 Å². The summed E-state index contributed by atoms with van der Waals surface area (Å²) in [5, 5.41) is 7.57. The van der Waals surface area contributed by atoms with E-state index in [2.05, 4.69) is 33.3 Å². The van der Waals surface area contributed by atoms with Crippen molar-refractivity contribution in [2.24, 2.45) is 0 Å². The maximum absolute atomic E-state index is 12.3. The summed E-state index contributed by atoms with van der Waals surface area (Å²) in [5.41, 5.74) is 1.68. The molecule has 0 aliphatic heterocycles. The van der Waals surface area contributed by atoms with Gasteiger partial charge in [0.05, 0.1) is 5.69 Å². The van der Waals surface area contributed by atoms with Gasteiger partial charge in [-0.1, -0.05) is 22.9 Å². The van der Waals surface area contributed by atoms with Gasteiger partial charge < -0.3 is 5.32 Å². The molecule has 1 amide bonds. The Bertz CT molecular complexity index is 436. The van der Waals surface area contributed by atoms with Gasteiger partial charge in [0.1, 0.15) is 5.69 Å². The molecule has 1 N–H and O–H groups in total. The summed E-state index contributed by atoms with van der Waals surface area (Å²) in [7, 11) is 0. The third-order valence-corrected chi connectivity index (χ3v) is 4.63. The van der Waals surface area contributed by atoms with E-state index in [1.807, 2.05) is 13.0 Å². The van der Waals surface area contributed by atoms with E-state index in [1.54, 1.807) is 4.68 Å². The molecule has 0 unspecified atom stereocenters. The quantitative estimate of drug-likeness (QED) is 0.864. The standard InChI is InChI=1S/C14H22BrN3O/c1-3-11-9-13(18(4-2)17-11)14(19)16-12-7-5-10(15)6-8-12/h9-10,12H,3-8H2,1-2H3,(H,16,19). The predicted octanol–water partition coefficient (Wildman–Crippen LogP) is 2.90. The van der Waals surface area contributed by atoms with Crippen molar-refractivity contribution < 1.29 is 4.79 Å². The van der Waals surface area contributed by atoms with Crippen molar-refractivity contribution in [3.05, 3.63) is 17.5 Å². The number of aromatic nitrogens is 2. The number of nitrogens with one attached hydrogen (secondary N) is 1. The highest BCUT2D eigenvalue weighted by Gasteiger charge is 2.22. The van der Waals surface area contributed by atoms with Crippen molar-refractivity contribution in [2.45, 2.75) is 63.4 Å². The second-order valence-corrected chi connectivity index (χ2v) is 6.41. The summed E-state index contributed by atoms with van der Waals surface area (Å²) < 4.78 is 1.80. The number of halogens is 1. The number of alkyl halides is 1. The molecule has 0 atom stereocenters.